The summed E-state index contributed by atoms with van der Waals surface area (Å²) in [6.45, 7) is 7.73. The Bertz CT molecular complexity index is 787. The van der Waals surface area contributed by atoms with Gasteiger partial charge in [0.05, 0.1) is 5.25 Å². The predicted octanol–water partition coefficient (Wildman–Crippen LogP) is 2.77. The molecule has 0 saturated carbocycles. The first kappa shape index (κ1) is 20.4. The molecule has 1 aliphatic heterocycles. The summed E-state index contributed by atoms with van der Waals surface area (Å²) in [5.74, 6) is -1.11. The summed E-state index contributed by atoms with van der Waals surface area (Å²) in [5.41, 5.74) is 1.84. The number of likely N-dealkylation sites (tertiary alicyclic amines) is 1. The van der Waals surface area contributed by atoms with Gasteiger partial charge in [0.2, 0.25) is 5.91 Å². The molecule has 2 rings (SSSR count). The van der Waals surface area contributed by atoms with Crippen molar-refractivity contribution in [2.45, 2.75) is 58.2 Å². The van der Waals surface area contributed by atoms with E-state index in [4.69, 9.17) is 0 Å². The van der Waals surface area contributed by atoms with Crippen LogP contribution in [0.4, 0.5) is 5.69 Å². The highest BCUT2D eigenvalue weighted by Crippen LogP contribution is 2.22. The first-order chi connectivity index (χ1) is 12.1. The van der Waals surface area contributed by atoms with Gasteiger partial charge in [-0.2, -0.15) is 0 Å². The Morgan fingerprint density at radius 3 is 2.54 bits per heavy atom. The third-order valence-corrected chi connectivity index (χ3v) is 6.96. The van der Waals surface area contributed by atoms with Gasteiger partial charge < -0.3 is 10.2 Å². The largest absolute Gasteiger partial charge is 0.336 e. The zero-order valence-electron chi connectivity index (χ0n) is 15.9. The van der Waals surface area contributed by atoms with Crippen LogP contribution in [0.3, 0.4) is 0 Å². The predicted molar refractivity (Wildman–Crippen MR) is 103 cm³/mol. The Labute approximate surface area is 155 Å². The Balaban J connectivity index is 2.09. The van der Waals surface area contributed by atoms with E-state index in [2.05, 4.69) is 12.2 Å². The van der Waals surface area contributed by atoms with E-state index in [0.29, 0.717) is 11.3 Å². The summed E-state index contributed by atoms with van der Waals surface area (Å²) in [4.78, 5) is 26.6. The van der Waals surface area contributed by atoms with Crippen molar-refractivity contribution in [1.29, 1.82) is 0 Å². The fourth-order valence-electron chi connectivity index (χ4n) is 3.04. The van der Waals surface area contributed by atoms with Crippen LogP contribution in [-0.2, 0) is 14.6 Å². The van der Waals surface area contributed by atoms with Gasteiger partial charge in [0.15, 0.2) is 9.84 Å². The molecule has 144 valence electrons. The highest BCUT2D eigenvalue weighted by molar-refractivity contribution is 7.92. The van der Waals surface area contributed by atoms with Crippen LogP contribution in [0.1, 0.15) is 56.0 Å². The SMILES string of the molecule is Cc1cc(C(=O)N2CCCCC2C)ccc1NC(=O)CS(=O)(=O)C(C)C. The molecule has 0 spiro atoms. The smallest absolute Gasteiger partial charge is 0.254 e. The van der Waals surface area contributed by atoms with Crippen LogP contribution in [0.25, 0.3) is 0 Å². The average molecular weight is 381 g/mol. The fourth-order valence-corrected chi connectivity index (χ4v) is 3.81. The van der Waals surface area contributed by atoms with Crippen LogP contribution >= 0.6 is 0 Å². The highest BCUT2D eigenvalue weighted by Gasteiger charge is 2.25. The molecule has 1 unspecified atom stereocenters. The van der Waals surface area contributed by atoms with Crippen LogP contribution in [0, 0.1) is 6.92 Å². The molecule has 0 radical (unpaired) electrons. The van der Waals surface area contributed by atoms with Crippen molar-refractivity contribution >= 4 is 27.3 Å². The molecule has 1 N–H and O–H groups in total. The molecule has 2 amide bonds. The number of anilines is 1. The number of sulfone groups is 1. The molecule has 0 aliphatic carbocycles. The number of carbonyl (C=O) groups is 2. The number of nitrogens with one attached hydrogen (secondary N) is 1. The van der Waals surface area contributed by atoms with E-state index in [1.807, 2.05) is 4.90 Å². The summed E-state index contributed by atoms with van der Waals surface area (Å²) in [7, 11) is -3.45. The number of hydrogen-bond acceptors (Lipinski definition) is 4. The molecule has 1 fully saturated rings. The van der Waals surface area contributed by atoms with Crippen LogP contribution in [-0.4, -0.2) is 48.7 Å². The number of aryl methyl sites for hydroxylation is 1. The molecule has 6 nitrogen and oxygen atoms in total. The van der Waals surface area contributed by atoms with E-state index in [1.165, 1.54) is 0 Å². The number of rotatable bonds is 5. The Morgan fingerprint density at radius 1 is 1.27 bits per heavy atom. The monoisotopic (exact) mass is 380 g/mol. The van der Waals surface area contributed by atoms with E-state index in [1.54, 1.807) is 39.0 Å². The normalized spacial score (nSPS) is 18.0. The summed E-state index contributed by atoms with van der Waals surface area (Å²) < 4.78 is 23.7. The number of hydrogen-bond donors (Lipinski definition) is 1. The van der Waals surface area contributed by atoms with Gasteiger partial charge in [-0.15, -0.1) is 0 Å². The van der Waals surface area contributed by atoms with Gasteiger partial charge in [-0.3, -0.25) is 9.59 Å². The van der Waals surface area contributed by atoms with Crippen LogP contribution < -0.4 is 5.32 Å². The van der Waals surface area contributed by atoms with Gasteiger partial charge in [-0.05, 0) is 70.7 Å². The Hall–Kier alpha value is -1.89. The average Bonchev–Trinajstić information content (AvgIpc) is 2.56. The van der Waals surface area contributed by atoms with E-state index < -0.39 is 26.7 Å². The number of amides is 2. The van der Waals surface area contributed by atoms with Crippen LogP contribution in [0.5, 0.6) is 0 Å². The van der Waals surface area contributed by atoms with Gasteiger partial charge in [0, 0.05) is 23.8 Å². The molecule has 1 atom stereocenters. The third-order valence-electron chi connectivity index (χ3n) is 4.86. The molecular formula is C19H28N2O4S. The lowest BCUT2D eigenvalue weighted by atomic mass is 10.0. The van der Waals surface area contributed by atoms with Crippen molar-refractivity contribution in [2.75, 3.05) is 17.6 Å². The number of nitrogens with zero attached hydrogens (tertiary/aromatic N) is 1. The minimum Gasteiger partial charge on any atom is -0.336 e. The Kier molecular flexibility index (Phi) is 6.44. The van der Waals surface area contributed by atoms with Gasteiger partial charge in [0.25, 0.3) is 5.91 Å². The summed E-state index contributed by atoms with van der Waals surface area (Å²) in [5, 5.41) is 2.04. The van der Waals surface area contributed by atoms with Crippen molar-refractivity contribution < 1.29 is 18.0 Å². The lowest BCUT2D eigenvalue weighted by Crippen LogP contribution is -2.42. The quantitative estimate of drug-likeness (QED) is 0.851. The van der Waals surface area contributed by atoms with Crippen molar-refractivity contribution in [2.24, 2.45) is 0 Å². The van der Waals surface area contributed by atoms with Gasteiger partial charge in [-0.1, -0.05) is 0 Å². The van der Waals surface area contributed by atoms with E-state index in [0.717, 1.165) is 31.4 Å². The maximum absolute atomic E-state index is 12.7. The molecule has 26 heavy (non-hydrogen) atoms. The topological polar surface area (TPSA) is 83.6 Å². The molecule has 1 aromatic carbocycles. The molecule has 0 bridgehead atoms. The summed E-state index contributed by atoms with van der Waals surface area (Å²) in [6.07, 6.45) is 3.19. The number of piperidine rings is 1. The molecule has 1 aliphatic rings. The maximum atomic E-state index is 12.7. The molecule has 0 aromatic heterocycles. The fraction of sp³-hybridized carbons (Fsp3) is 0.579. The summed E-state index contributed by atoms with van der Waals surface area (Å²) >= 11 is 0. The van der Waals surface area contributed by atoms with Crippen molar-refractivity contribution in [3.8, 4) is 0 Å². The van der Waals surface area contributed by atoms with Gasteiger partial charge in [0.1, 0.15) is 5.75 Å². The minimum atomic E-state index is -3.45. The summed E-state index contributed by atoms with van der Waals surface area (Å²) in [6, 6.07) is 5.33. The minimum absolute atomic E-state index is 0.000520. The molecule has 1 aromatic rings. The second-order valence-corrected chi connectivity index (χ2v) is 9.83. The molecule has 7 heteroatoms. The van der Waals surface area contributed by atoms with Crippen LogP contribution in [0.2, 0.25) is 0 Å². The first-order valence-electron chi connectivity index (χ1n) is 9.05. The van der Waals surface area contributed by atoms with Gasteiger partial charge >= 0.3 is 0 Å². The van der Waals surface area contributed by atoms with Crippen molar-refractivity contribution in [3.63, 3.8) is 0 Å². The number of benzene rings is 1. The second kappa shape index (κ2) is 8.20. The maximum Gasteiger partial charge on any atom is 0.254 e. The van der Waals surface area contributed by atoms with Crippen molar-refractivity contribution in [1.82, 2.24) is 4.90 Å². The zero-order chi connectivity index (χ0) is 19.5. The lowest BCUT2D eigenvalue weighted by molar-refractivity contribution is -0.113. The van der Waals surface area contributed by atoms with Gasteiger partial charge in [-0.25, -0.2) is 8.42 Å². The standard InChI is InChI=1S/C19H28N2O4S/c1-13(2)26(24,25)12-18(22)20-17-9-8-16(11-14(17)3)19(23)21-10-6-5-7-15(21)4/h8-9,11,13,15H,5-7,10,12H2,1-4H3,(H,20,22). The first-order valence-corrected chi connectivity index (χ1v) is 10.8. The second-order valence-electron chi connectivity index (χ2n) is 7.28. The van der Waals surface area contributed by atoms with E-state index >= 15 is 0 Å². The Morgan fingerprint density at radius 2 is 1.96 bits per heavy atom. The van der Waals surface area contributed by atoms with Crippen LogP contribution in [0.15, 0.2) is 18.2 Å². The van der Waals surface area contributed by atoms with E-state index in [9.17, 15) is 18.0 Å². The highest BCUT2D eigenvalue weighted by atomic mass is 32.2. The van der Waals surface area contributed by atoms with E-state index in [-0.39, 0.29) is 11.9 Å². The zero-order valence-corrected chi connectivity index (χ0v) is 16.7. The van der Waals surface area contributed by atoms with Crippen molar-refractivity contribution in [3.05, 3.63) is 29.3 Å². The third kappa shape index (κ3) is 4.84. The molecule has 1 saturated heterocycles. The molecular weight excluding hydrogens is 352 g/mol. The lowest BCUT2D eigenvalue weighted by Gasteiger charge is -2.33. The molecule has 1 heterocycles. The number of carbonyl (C=O) groups excluding carboxylic acids is 2.